The Morgan fingerprint density at radius 2 is 1.69 bits per heavy atom. The lowest BCUT2D eigenvalue weighted by Crippen LogP contribution is -2.53. The number of nitrogens with one attached hydrogen (secondary N) is 1. The van der Waals surface area contributed by atoms with Gasteiger partial charge in [0.15, 0.2) is 0 Å². The summed E-state index contributed by atoms with van der Waals surface area (Å²) in [6, 6.07) is 2.32. The van der Waals surface area contributed by atoms with Crippen molar-refractivity contribution >= 4 is 0 Å². The molecule has 2 nitrogen and oxygen atoms in total. The SMILES string of the molecule is CC1CCCNC1CN1C(C)CCCC1C. The van der Waals surface area contributed by atoms with E-state index in [2.05, 4.69) is 31.0 Å². The summed E-state index contributed by atoms with van der Waals surface area (Å²) in [5.74, 6) is 0.857. The van der Waals surface area contributed by atoms with E-state index in [-0.39, 0.29) is 0 Å². The molecule has 2 fully saturated rings. The highest BCUT2D eigenvalue weighted by Gasteiger charge is 2.29. The first-order valence-electron chi connectivity index (χ1n) is 7.17. The van der Waals surface area contributed by atoms with E-state index in [1.807, 2.05) is 0 Å². The smallest absolute Gasteiger partial charge is 0.0220 e. The molecule has 0 aromatic rings. The van der Waals surface area contributed by atoms with Gasteiger partial charge < -0.3 is 5.32 Å². The third-order valence-corrected chi connectivity index (χ3v) is 4.71. The Bertz CT molecular complexity index is 207. The average Bonchev–Trinajstić information content (AvgIpc) is 2.26. The van der Waals surface area contributed by atoms with Crippen molar-refractivity contribution in [3.63, 3.8) is 0 Å². The zero-order chi connectivity index (χ0) is 11.5. The number of piperidine rings is 2. The fraction of sp³-hybridized carbons (Fsp3) is 1.00. The van der Waals surface area contributed by atoms with Crippen LogP contribution in [0.4, 0.5) is 0 Å². The molecule has 0 saturated carbocycles. The number of rotatable bonds is 2. The van der Waals surface area contributed by atoms with Gasteiger partial charge in [-0.15, -0.1) is 0 Å². The fourth-order valence-electron chi connectivity index (χ4n) is 3.42. The van der Waals surface area contributed by atoms with E-state index >= 15 is 0 Å². The van der Waals surface area contributed by atoms with Crippen LogP contribution in [0.5, 0.6) is 0 Å². The number of hydrogen-bond donors (Lipinski definition) is 1. The molecule has 0 amide bonds. The molecule has 94 valence electrons. The van der Waals surface area contributed by atoms with E-state index in [1.54, 1.807) is 0 Å². The van der Waals surface area contributed by atoms with Crippen molar-refractivity contribution in [2.24, 2.45) is 5.92 Å². The summed E-state index contributed by atoms with van der Waals surface area (Å²) < 4.78 is 0. The molecule has 2 aliphatic rings. The van der Waals surface area contributed by atoms with E-state index in [1.165, 1.54) is 45.2 Å². The van der Waals surface area contributed by atoms with Crippen molar-refractivity contribution in [3.05, 3.63) is 0 Å². The van der Waals surface area contributed by atoms with Gasteiger partial charge in [-0.1, -0.05) is 13.3 Å². The summed E-state index contributed by atoms with van der Waals surface area (Å²) >= 11 is 0. The van der Waals surface area contributed by atoms with Crippen LogP contribution in [-0.4, -0.2) is 36.1 Å². The maximum atomic E-state index is 3.72. The van der Waals surface area contributed by atoms with Crippen LogP contribution in [0.15, 0.2) is 0 Å². The molecule has 1 N–H and O–H groups in total. The van der Waals surface area contributed by atoms with Crippen LogP contribution in [-0.2, 0) is 0 Å². The molecule has 2 aliphatic heterocycles. The van der Waals surface area contributed by atoms with Crippen molar-refractivity contribution in [2.75, 3.05) is 13.1 Å². The Morgan fingerprint density at radius 1 is 1.00 bits per heavy atom. The topological polar surface area (TPSA) is 15.3 Å². The first-order chi connectivity index (χ1) is 7.68. The van der Waals surface area contributed by atoms with Crippen LogP contribution in [0.2, 0.25) is 0 Å². The minimum atomic E-state index is 0.733. The third-order valence-electron chi connectivity index (χ3n) is 4.71. The van der Waals surface area contributed by atoms with E-state index in [0.717, 1.165) is 24.0 Å². The Hall–Kier alpha value is -0.0800. The minimum absolute atomic E-state index is 0.733. The summed E-state index contributed by atoms with van der Waals surface area (Å²) in [5.41, 5.74) is 0. The van der Waals surface area contributed by atoms with Gasteiger partial charge in [0.2, 0.25) is 0 Å². The van der Waals surface area contributed by atoms with Gasteiger partial charge in [-0.2, -0.15) is 0 Å². The fourth-order valence-corrected chi connectivity index (χ4v) is 3.42. The van der Waals surface area contributed by atoms with Crippen molar-refractivity contribution in [2.45, 2.75) is 71.0 Å². The molecule has 0 aliphatic carbocycles. The van der Waals surface area contributed by atoms with E-state index in [9.17, 15) is 0 Å². The first kappa shape index (κ1) is 12.4. The molecule has 0 aromatic heterocycles. The molecule has 2 saturated heterocycles. The molecular formula is C14H28N2. The van der Waals surface area contributed by atoms with Gasteiger partial charge in [0.05, 0.1) is 0 Å². The number of nitrogens with zero attached hydrogens (tertiary/aromatic N) is 1. The highest BCUT2D eigenvalue weighted by atomic mass is 15.2. The molecule has 0 aromatic carbocycles. The second-order valence-electron chi connectivity index (χ2n) is 6.01. The molecule has 2 heterocycles. The Labute approximate surface area is 101 Å². The summed E-state index contributed by atoms with van der Waals surface area (Å²) in [6.07, 6.45) is 6.99. The van der Waals surface area contributed by atoms with E-state index < -0.39 is 0 Å². The highest BCUT2D eigenvalue weighted by molar-refractivity contribution is 4.87. The number of likely N-dealkylation sites (tertiary alicyclic amines) is 1. The van der Waals surface area contributed by atoms with Crippen molar-refractivity contribution < 1.29 is 0 Å². The molecule has 2 heteroatoms. The second kappa shape index (κ2) is 5.50. The van der Waals surface area contributed by atoms with Gasteiger partial charge in [-0.3, -0.25) is 4.90 Å². The second-order valence-corrected chi connectivity index (χ2v) is 6.01. The highest BCUT2D eigenvalue weighted by Crippen LogP contribution is 2.25. The lowest BCUT2D eigenvalue weighted by atomic mass is 9.90. The minimum Gasteiger partial charge on any atom is -0.312 e. The molecular weight excluding hydrogens is 196 g/mol. The molecule has 2 rings (SSSR count). The van der Waals surface area contributed by atoms with Gasteiger partial charge in [-0.05, 0) is 52.0 Å². The normalized spacial score (nSPS) is 42.2. The monoisotopic (exact) mass is 224 g/mol. The molecule has 4 atom stereocenters. The van der Waals surface area contributed by atoms with Crippen LogP contribution in [0, 0.1) is 5.92 Å². The summed E-state index contributed by atoms with van der Waals surface area (Å²) in [4.78, 5) is 2.74. The first-order valence-corrected chi connectivity index (χ1v) is 7.17. The van der Waals surface area contributed by atoms with Crippen LogP contribution < -0.4 is 5.32 Å². The van der Waals surface area contributed by atoms with Crippen LogP contribution >= 0.6 is 0 Å². The van der Waals surface area contributed by atoms with E-state index in [0.29, 0.717) is 0 Å². The zero-order valence-electron chi connectivity index (χ0n) is 11.2. The largest absolute Gasteiger partial charge is 0.312 e. The predicted molar refractivity (Wildman–Crippen MR) is 69.7 cm³/mol. The molecule has 0 spiro atoms. The Kier molecular flexibility index (Phi) is 4.26. The Morgan fingerprint density at radius 3 is 2.31 bits per heavy atom. The number of hydrogen-bond acceptors (Lipinski definition) is 2. The van der Waals surface area contributed by atoms with Crippen molar-refractivity contribution in [1.82, 2.24) is 10.2 Å². The molecule has 4 unspecified atom stereocenters. The maximum absolute atomic E-state index is 3.72. The standard InChI is InChI=1S/C14H28N2/c1-11-6-5-9-15-14(11)10-16-12(2)7-4-8-13(16)3/h11-15H,4-10H2,1-3H3. The predicted octanol–water partition coefficient (Wildman–Crippen LogP) is 2.64. The molecule has 16 heavy (non-hydrogen) atoms. The van der Waals surface area contributed by atoms with Crippen LogP contribution in [0.25, 0.3) is 0 Å². The van der Waals surface area contributed by atoms with Crippen LogP contribution in [0.3, 0.4) is 0 Å². The van der Waals surface area contributed by atoms with Crippen molar-refractivity contribution in [1.29, 1.82) is 0 Å². The average molecular weight is 224 g/mol. The van der Waals surface area contributed by atoms with Gasteiger partial charge >= 0.3 is 0 Å². The quantitative estimate of drug-likeness (QED) is 0.776. The Balaban J connectivity index is 1.90. The van der Waals surface area contributed by atoms with Crippen LogP contribution in [0.1, 0.15) is 52.9 Å². The van der Waals surface area contributed by atoms with Gasteiger partial charge in [-0.25, -0.2) is 0 Å². The lowest BCUT2D eigenvalue weighted by molar-refractivity contribution is 0.0763. The maximum Gasteiger partial charge on any atom is 0.0220 e. The summed E-state index contributed by atoms with van der Waals surface area (Å²) in [6.45, 7) is 9.72. The third kappa shape index (κ3) is 2.78. The van der Waals surface area contributed by atoms with Gasteiger partial charge in [0.25, 0.3) is 0 Å². The summed E-state index contributed by atoms with van der Waals surface area (Å²) in [5, 5.41) is 3.72. The lowest BCUT2D eigenvalue weighted by Gasteiger charge is -2.43. The van der Waals surface area contributed by atoms with E-state index in [4.69, 9.17) is 0 Å². The summed E-state index contributed by atoms with van der Waals surface area (Å²) in [7, 11) is 0. The van der Waals surface area contributed by atoms with Crippen molar-refractivity contribution in [3.8, 4) is 0 Å². The van der Waals surface area contributed by atoms with Gasteiger partial charge in [0.1, 0.15) is 0 Å². The molecule has 0 bridgehead atoms. The molecule has 0 radical (unpaired) electrons. The zero-order valence-corrected chi connectivity index (χ0v) is 11.2. The van der Waals surface area contributed by atoms with Gasteiger partial charge in [0, 0.05) is 24.7 Å².